The van der Waals surface area contributed by atoms with Gasteiger partial charge in [0.2, 0.25) is 5.91 Å². The SMILES string of the molecule is CCCCCCCCNC(=O)CCC(C)C1CCC2C3C(O)CC4CC(O)CCC4(C)C3CC(O)C12C. The first kappa shape index (κ1) is 29.3. The zero-order valence-electron chi connectivity index (χ0n) is 24.3. The lowest BCUT2D eigenvalue weighted by Gasteiger charge is -2.63. The van der Waals surface area contributed by atoms with Crippen LogP contribution in [0.15, 0.2) is 0 Å². The Labute approximate surface area is 226 Å². The summed E-state index contributed by atoms with van der Waals surface area (Å²) in [6.45, 7) is 10.0. The molecule has 0 aromatic rings. The van der Waals surface area contributed by atoms with Gasteiger partial charge in [0.15, 0.2) is 0 Å². The summed E-state index contributed by atoms with van der Waals surface area (Å²) in [5.41, 5.74) is -0.0723. The number of carbonyl (C=O) groups is 1. The highest BCUT2D eigenvalue weighted by molar-refractivity contribution is 5.75. The van der Waals surface area contributed by atoms with Crippen molar-refractivity contribution in [2.45, 2.75) is 142 Å². The summed E-state index contributed by atoms with van der Waals surface area (Å²) < 4.78 is 0. The van der Waals surface area contributed by atoms with Gasteiger partial charge in [-0.15, -0.1) is 0 Å². The van der Waals surface area contributed by atoms with Gasteiger partial charge >= 0.3 is 0 Å². The van der Waals surface area contributed by atoms with E-state index in [4.69, 9.17) is 0 Å². The molecule has 0 bridgehead atoms. The molecule has 4 aliphatic carbocycles. The summed E-state index contributed by atoms with van der Waals surface area (Å²) in [6.07, 6.45) is 14.3. The Balaban J connectivity index is 1.33. The van der Waals surface area contributed by atoms with Crippen LogP contribution in [-0.4, -0.2) is 46.1 Å². The van der Waals surface area contributed by atoms with Crippen molar-refractivity contribution in [3.05, 3.63) is 0 Å². The number of aliphatic hydroxyl groups is 3. The van der Waals surface area contributed by atoms with Gasteiger partial charge in [0.25, 0.3) is 0 Å². The van der Waals surface area contributed by atoms with Crippen molar-refractivity contribution in [2.24, 2.45) is 46.3 Å². The van der Waals surface area contributed by atoms with Crippen LogP contribution in [0.25, 0.3) is 0 Å². The van der Waals surface area contributed by atoms with E-state index >= 15 is 0 Å². The molecular weight excluding hydrogens is 462 g/mol. The van der Waals surface area contributed by atoms with Gasteiger partial charge in [-0.3, -0.25) is 4.79 Å². The van der Waals surface area contributed by atoms with Gasteiger partial charge in [-0.2, -0.15) is 0 Å². The maximum atomic E-state index is 12.5. The number of hydrogen-bond donors (Lipinski definition) is 4. The third-order valence-corrected chi connectivity index (χ3v) is 12.2. The molecule has 0 aromatic carbocycles. The zero-order valence-corrected chi connectivity index (χ0v) is 24.3. The van der Waals surface area contributed by atoms with Crippen molar-refractivity contribution in [3.63, 3.8) is 0 Å². The summed E-state index contributed by atoms with van der Waals surface area (Å²) >= 11 is 0. The molecule has 0 radical (unpaired) electrons. The smallest absolute Gasteiger partial charge is 0.220 e. The summed E-state index contributed by atoms with van der Waals surface area (Å²) in [5, 5.41) is 36.6. The first-order valence-electron chi connectivity index (χ1n) is 15.9. The highest BCUT2D eigenvalue weighted by atomic mass is 16.3. The Hall–Kier alpha value is -0.650. The third-order valence-electron chi connectivity index (χ3n) is 12.2. The quantitative estimate of drug-likeness (QED) is 0.258. The molecule has 4 rings (SSSR count). The summed E-state index contributed by atoms with van der Waals surface area (Å²) in [4.78, 5) is 12.5. The van der Waals surface area contributed by atoms with Gasteiger partial charge in [0, 0.05) is 13.0 Å². The second-order valence-corrected chi connectivity index (χ2v) is 14.2. The molecule has 4 N–H and O–H groups in total. The van der Waals surface area contributed by atoms with Gasteiger partial charge in [0.05, 0.1) is 18.3 Å². The van der Waals surface area contributed by atoms with E-state index in [9.17, 15) is 20.1 Å². The second-order valence-electron chi connectivity index (χ2n) is 14.2. The van der Waals surface area contributed by atoms with E-state index < -0.39 is 0 Å². The van der Waals surface area contributed by atoms with E-state index in [1.807, 2.05) is 0 Å². The zero-order chi connectivity index (χ0) is 26.8. The van der Waals surface area contributed by atoms with Crippen LogP contribution in [0.3, 0.4) is 0 Å². The maximum Gasteiger partial charge on any atom is 0.220 e. The predicted molar refractivity (Wildman–Crippen MR) is 149 cm³/mol. The third kappa shape index (κ3) is 5.80. The molecule has 1 amide bonds. The molecule has 214 valence electrons. The topological polar surface area (TPSA) is 89.8 Å². The van der Waals surface area contributed by atoms with Crippen LogP contribution >= 0.6 is 0 Å². The van der Waals surface area contributed by atoms with Crippen LogP contribution in [0.1, 0.15) is 124 Å². The molecule has 4 aliphatic rings. The molecule has 4 saturated carbocycles. The molecule has 11 unspecified atom stereocenters. The maximum absolute atomic E-state index is 12.5. The number of fused-ring (bicyclic) bond motifs is 5. The van der Waals surface area contributed by atoms with E-state index in [1.165, 1.54) is 32.1 Å². The van der Waals surface area contributed by atoms with E-state index in [2.05, 4.69) is 33.0 Å². The van der Waals surface area contributed by atoms with E-state index in [-0.39, 0.29) is 41.0 Å². The van der Waals surface area contributed by atoms with Crippen LogP contribution in [0.5, 0.6) is 0 Å². The lowest BCUT2D eigenvalue weighted by Crippen LogP contribution is -2.62. The van der Waals surface area contributed by atoms with Crippen LogP contribution in [0.4, 0.5) is 0 Å². The van der Waals surface area contributed by atoms with E-state index in [0.29, 0.717) is 36.0 Å². The minimum absolute atomic E-state index is 0.114. The van der Waals surface area contributed by atoms with Crippen molar-refractivity contribution < 1.29 is 20.1 Å². The molecular formula is C32H57NO4. The van der Waals surface area contributed by atoms with Crippen LogP contribution in [-0.2, 0) is 4.79 Å². The van der Waals surface area contributed by atoms with Crippen LogP contribution in [0.2, 0.25) is 0 Å². The van der Waals surface area contributed by atoms with Gasteiger partial charge in [-0.05, 0) is 104 Å². The van der Waals surface area contributed by atoms with Gasteiger partial charge in [0.1, 0.15) is 0 Å². The molecule has 5 nitrogen and oxygen atoms in total. The number of aliphatic hydroxyl groups excluding tert-OH is 3. The number of nitrogens with one attached hydrogen (secondary N) is 1. The van der Waals surface area contributed by atoms with Crippen LogP contribution in [0, 0.1) is 46.3 Å². The van der Waals surface area contributed by atoms with Gasteiger partial charge < -0.3 is 20.6 Å². The molecule has 0 heterocycles. The van der Waals surface area contributed by atoms with Gasteiger partial charge in [-0.25, -0.2) is 0 Å². The Morgan fingerprint density at radius 3 is 2.43 bits per heavy atom. The van der Waals surface area contributed by atoms with Crippen LogP contribution < -0.4 is 5.32 Å². The minimum atomic E-state index is -0.357. The first-order valence-corrected chi connectivity index (χ1v) is 15.9. The Morgan fingerprint density at radius 1 is 0.946 bits per heavy atom. The molecule has 11 atom stereocenters. The van der Waals surface area contributed by atoms with Crippen molar-refractivity contribution >= 4 is 5.91 Å². The molecule has 0 aromatic heterocycles. The Morgan fingerprint density at radius 2 is 1.68 bits per heavy atom. The Kier molecular flexibility index (Phi) is 9.71. The fourth-order valence-corrected chi connectivity index (χ4v) is 9.91. The standard InChI is InChI=1S/C32H57NO4/c1-5-6-7-8-9-10-17-33-29(37)14-11-21(2)24-12-13-25-30-26(20-28(36)32(24,25)4)31(3)16-15-23(34)18-22(31)19-27(30)35/h21-28,30,34-36H,5-20H2,1-4H3,(H,33,37). The fourth-order valence-electron chi connectivity index (χ4n) is 9.91. The molecule has 37 heavy (non-hydrogen) atoms. The number of unbranched alkanes of at least 4 members (excludes halogenated alkanes) is 5. The summed E-state index contributed by atoms with van der Waals surface area (Å²) in [5.74, 6) is 2.24. The number of amides is 1. The van der Waals surface area contributed by atoms with E-state index in [0.717, 1.165) is 64.3 Å². The van der Waals surface area contributed by atoms with Crippen molar-refractivity contribution in [3.8, 4) is 0 Å². The largest absolute Gasteiger partial charge is 0.393 e. The van der Waals surface area contributed by atoms with Crippen molar-refractivity contribution in [2.75, 3.05) is 6.54 Å². The number of hydrogen-bond acceptors (Lipinski definition) is 4. The lowest BCUT2D eigenvalue weighted by molar-refractivity contribution is -0.207. The fraction of sp³-hybridized carbons (Fsp3) is 0.969. The molecule has 5 heteroatoms. The molecule has 0 aliphatic heterocycles. The highest BCUT2D eigenvalue weighted by Crippen LogP contribution is 2.68. The number of carbonyl (C=O) groups excluding carboxylic acids is 1. The normalized spacial score (nSPS) is 44.0. The number of rotatable bonds is 11. The van der Waals surface area contributed by atoms with Crippen molar-refractivity contribution in [1.82, 2.24) is 5.32 Å². The second kappa shape index (κ2) is 12.3. The molecule has 4 fully saturated rings. The first-order chi connectivity index (χ1) is 17.6. The lowest BCUT2D eigenvalue weighted by atomic mass is 9.43. The summed E-state index contributed by atoms with van der Waals surface area (Å²) in [7, 11) is 0. The average molecular weight is 520 g/mol. The predicted octanol–water partition coefficient (Wildman–Crippen LogP) is 5.84. The summed E-state index contributed by atoms with van der Waals surface area (Å²) in [6, 6.07) is 0. The monoisotopic (exact) mass is 519 g/mol. The average Bonchev–Trinajstić information content (AvgIpc) is 3.22. The van der Waals surface area contributed by atoms with Gasteiger partial charge in [-0.1, -0.05) is 59.8 Å². The van der Waals surface area contributed by atoms with E-state index in [1.54, 1.807) is 0 Å². The minimum Gasteiger partial charge on any atom is -0.393 e. The molecule has 0 saturated heterocycles. The van der Waals surface area contributed by atoms with Crippen molar-refractivity contribution in [1.29, 1.82) is 0 Å². The Bertz CT molecular complexity index is 759. The highest BCUT2D eigenvalue weighted by Gasteiger charge is 2.65. The molecule has 0 spiro atoms.